The summed E-state index contributed by atoms with van der Waals surface area (Å²) in [6.07, 6.45) is 1.49. The summed E-state index contributed by atoms with van der Waals surface area (Å²) in [4.78, 5) is 0. The summed E-state index contributed by atoms with van der Waals surface area (Å²) in [6, 6.07) is 8.94. The van der Waals surface area contributed by atoms with Crippen molar-refractivity contribution >= 4 is 22.6 Å². The Morgan fingerprint density at radius 1 is 1.26 bits per heavy atom. The van der Waals surface area contributed by atoms with Crippen molar-refractivity contribution in [2.24, 2.45) is 0 Å². The zero-order chi connectivity index (χ0) is 13.4. The Bertz CT molecular complexity index is 711. The van der Waals surface area contributed by atoms with E-state index in [4.69, 9.17) is 20.4 Å². The van der Waals surface area contributed by atoms with Gasteiger partial charge in [-0.15, -0.1) is 0 Å². The molecule has 3 nitrogen and oxygen atoms in total. The van der Waals surface area contributed by atoms with Crippen LogP contribution in [0.4, 0.5) is 0 Å². The van der Waals surface area contributed by atoms with Crippen molar-refractivity contribution < 1.29 is 13.9 Å². The van der Waals surface area contributed by atoms with Gasteiger partial charge in [-0.05, 0) is 30.3 Å². The first-order valence-corrected chi connectivity index (χ1v) is 6.50. The fourth-order valence-electron chi connectivity index (χ4n) is 2.20. The minimum Gasteiger partial charge on any atom is -0.469 e. The summed E-state index contributed by atoms with van der Waals surface area (Å²) >= 11 is 5.94. The molecular weight excluding hydrogens is 264 g/mol. The standard InChI is InChI=1S/C15H13ClO3/c1-2-12-11(5-6-18-12)15(17)14-8-9-7-10(16)3-4-13(9)19-14/h3-8,15,17H,2H2,1H3. The van der Waals surface area contributed by atoms with Crippen LogP contribution in [0.25, 0.3) is 11.0 Å². The van der Waals surface area contributed by atoms with Crippen molar-refractivity contribution in [1.82, 2.24) is 0 Å². The number of benzene rings is 1. The third-order valence-corrected chi connectivity index (χ3v) is 3.40. The van der Waals surface area contributed by atoms with Gasteiger partial charge in [-0.1, -0.05) is 18.5 Å². The van der Waals surface area contributed by atoms with Gasteiger partial charge in [-0.25, -0.2) is 0 Å². The maximum absolute atomic E-state index is 10.4. The molecule has 0 bridgehead atoms. The van der Waals surface area contributed by atoms with Gasteiger partial charge in [0, 0.05) is 22.4 Å². The number of hydrogen-bond acceptors (Lipinski definition) is 3. The van der Waals surface area contributed by atoms with Crippen LogP contribution < -0.4 is 0 Å². The van der Waals surface area contributed by atoms with Crippen LogP contribution in [-0.4, -0.2) is 5.11 Å². The first-order chi connectivity index (χ1) is 9.19. The van der Waals surface area contributed by atoms with Crippen LogP contribution in [0.15, 0.2) is 45.4 Å². The minimum absolute atomic E-state index is 0.494. The van der Waals surface area contributed by atoms with Crippen LogP contribution in [0.2, 0.25) is 5.02 Å². The normalized spacial score (nSPS) is 13.0. The summed E-state index contributed by atoms with van der Waals surface area (Å²) in [5.74, 6) is 1.26. The molecule has 2 heterocycles. The molecule has 0 aliphatic carbocycles. The summed E-state index contributed by atoms with van der Waals surface area (Å²) < 4.78 is 11.0. The van der Waals surface area contributed by atoms with Crippen LogP contribution >= 0.6 is 11.6 Å². The second-order valence-electron chi connectivity index (χ2n) is 4.39. The highest BCUT2D eigenvalue weighted by molar-refractivity contribution is 6.31. The molecule has 0 radical (unpaired) electrons. The van der Waals surface area contributed by atoms with Crippen LogP contribution in [-0.2, 0) is 6.42 Å². The fourth-order valence-corrected chi connectivity index (χ4v) is 2.38. The molecular formula is C15H13ClO3. The van der Waals surface area contributed by atoms with Crippen molar-refractivity contribution in [1.29, 1.82) is 0 Å². The summed E-state index contributed by atoms with van der Waals surface area (Å²) in [6.45, 7) is 1.98. The number of hydrogen-bond donors (Lipinski definition) is 1. The molecule has 0 aliphatic rings. The van der Waals surface area contributed by atoms with E-state index in [2.05, 4.69) is 0 Å². The van der Waals surface area contributed by atoms with Gasteiger partial charge in [0.15, 0.2) is 0 Å². The minimum atomic E-state index is -0.820. The Kier molecular flexibility index (Phi) is 3.09. The Hall–Kier alpha value is -1.71. The first-order valence-electron chi connectivity index (χ1n) is 6.12. The maximum atomic E-state index is 10.4. The van der Waals surface area contributed by atoms with E-state index in [0.29, 0.717) is 16.4 Å². The predicted molar refractivity (Wildman–Crippen MR) is 73.4 cm³/mol. The molecule has 4 heteroatoms. The summed E-state index contributed by atoms with van der Waals surface area (Å²) in [5, 5.41) is 11.9. The monoisotopic (exact) mass is 276 g/mol. The van der Waals surface area contributed by atoms with Gasteiger partial charge in [-0.2, -0.15) is 0 Å². The number of aliphatic hydroxyl groups is 1. The van der Waals surface area contributed by atoms with Gasteiger partial charge in [0.1, 0.15) is 23.2 Å². The van der Waals surface area contributed by atoms with E-state index < -0.39 is 6.10 Å². The average Bonchev–Trinajstić information content (AvgIpc) is 3.03. The van der Waals surface area contributed by atoms with E-state index in [1.807, 2.05) is 13.0 Å². The van der Waals surface area contributed by atoms with Crippen LogP contribution in [0.5, 0.6) is 0 Å². The topological polar surface area (TPSA) is 46.5 Å². The van der Waals surface area contributed by atoms with E-state index in [1.54, 1.807) is 30.5 Å². The van der Waals surface area contributed by atoms with Gasteiger partial charge in [0.05, 0.1) is 6.26 Å². The molecule has 1 aromatic carbocycles. The molecule has 0 saturated heterocycles. The first kappa shape index (κ1) is 12.3. The highest BCUT2D eigenvalue weighted by Crippen LogP contribution is 2.31. The van der Waals surface area contributed by atoms with Crippen molar-refractivity contribution in [2.45, 2.75) is 19.4 Å². The second-order valence-corrected chi connectivity index (χ2v) is 4.82. The number of fused-ring (bicyclic) bond motifs is 1. The molecule has 3 aromatic rings. The van der Waals surface area contributed by atoms with E-state index in [9.17, 15) is 5.11 Å². The van der Waals surface area contributed by atoms with E-state index in [0.717, 1.165) is 23.1 Å². The third-order valence-electron chi connectivity index (χ3n) is 3.16. The van der Waals surface area contributed by atoms with Gasteiger partial charge in [-0.3, -0.25) is 0 Å². The summed E-state index contributed by atoms with van der Waals surface area (Å²) in [7, 11) is 0. The van der Waals surface area contributed by atoms with Crippen molar-refractivity contribution in [3.8, 4) is 0 Å². The zero-order valence-electron chi connectivity index (χ0n) is 10.4. The molecule has 98 valence electrons. The average molecular weight is 277 g/mol. The molecule has 0 fully saturated rings. The number of aryl methyl sites for hydroxylation is 1. The second kappa shape index (κ2) is 4.76. The van der Waals surface area contributed by atoms with Crippen molar-refractivity contribution in [2.75, 3.05) is 0 Å². The predicted octanol–water partition coefficient (Wildman–Crippen LogP) is 4.32. The van der Waals surface area contributed by atoms with E-state index in [1.165, 1.54) is 0 Å². The molecule has 0 amide bonds. The van der Waals surface area contributed by atoms with Gasteiger partial charge < -0.3 is 13.9 Å². The lowest BCUT2D eigenvalue weighted by Crippen LogP contribution is -1.99. The van der Waals surface area contributed by atoms with Gasteiger partial charge >= 0.3 is 0 Å². The zero-order valence-corrected chi connectivity index (χ0v) is 11.1. The van der Waals surface area contributed by atoms with E-state index in [-0.39, 0.29) is 0 Å². The summed E-state index contributed by atoms with van der Waals surface area (Å²) in [5.41, 5.74) is 1.45. The quantitative estimate of drug-likeness (QED) is 0.775. The van der Waals surface area contributed by atoms with Gasteiger partial charge in [0.2, 0.25) is 0 Å². The van der Waals surface area contributed by atoms with Crippen molar-refractivity contribution in [3.05, 3.63) is 58.7 Å². The Labute approximate surface area is 115 Å². The maximum Gasteiger partial charge on any atom is 0.140 e. The van der Waals surface area contributed by atoms with E-state index >= 15 is 0 Å². The molecule has 0 saturated carbocycles. The Balaban J connectivity index is 2.04. The van der Waals surface area contributed by atoms with Crippen LogP contribution in [0.3, 0.4) is 0 Å². The lowest BCUT2D eigenvalue weighted by molar-refractivity contribution is 0.190. The smallest absolute Gasteiger partial charge is 0.140 e. The number of furan rings is 2. The molecule has 1 atom stereocenters. The molecule has 3 rings (SSSR count). The number of aliphatic hydroxyl groups excluding tert-OH is 1. The lowest BCUT2D eigenvalue weighted by Gasteiger charge is -2.06. The Morgan fingerprint density at radius 3 is 2.89 bits per heavy atom. The number of rotatable bonds is 3. The molecule has 2 aromatic heterocycles. The lowest BCUT2D eigenvalue weighted by atomic mass is 10.1. The molecule has 1 unspecified atom stereocenters. The van der Waals surface area contributed by atoms with Gasteiger partial charge in [0.25, 0.3) is 0 Å². The van der Waals surface area contributed by atoms with Crippen LogP contribution in [0.1, 0.15) is 30.1 Å². The van der Waals surface area contributed by atoms with Crippen LogP contribution in [0, 0.1) is 0 Å². The molecule has 0 aliphatic heterocycles. The SMILES string of the molecule is CCc1occc1C(O)c1cc2cc(Cl)ccc2o1. The largest absolute Gasteiger partial charge is 0.469 e. The third kappa shape index (κ3) is 2.15. The highest BCUT2D eigenvalue weighted by Gasteiger charge is 2.20. The number of halogens is 1. The Morgan fingerprint density at radius 2 is 2.11 bits per heavy atom. The molecule has 19 heavy (non-hydrogen) atoms. The highest BCUT2D eigenvalue weighted by atomic mass is 35.5. The van der Waals surface area contributed by atoms with Crippen molar-refractivity contribution in [3.63, 3.8) is 0 Å². The fraction of sp³-hybridized carbons (Fsp3) is 0.200. The molecule has 0 spiro atoms. The molecule has 1 N–H and O–H groups in total.